The Labute approximate surface area is 146 Å². The molecule has 24 heavy (non-hydrogen) atoms. The molecule has 0 fully saturated rings. The molecule has 2 amide bonds. The molecule has 0 radical (unpaired) electrons. The first-order valence-electron chi connectivity index (χ1n) is 7.13. The normalized spacial score (nSPS) is 17.3. The van der Waals surface area contributed by atoms with Crippen LogP contribution in [0.15, 0.2) is 18.2 Å². The summed E-state index contributed by atoms with van der Waals surface area (Å²) in [6.07, 6.45) is 0. The molecule has 1 aliphatic rings. The summed E-state index contributed by atoms with van der Waals surface area (Å²) in [4.78, 5) is 30.4. The zero-order valence-electron chi connectivity index (χ0n) is 13.7. The summed E-state index contributed by atoms with van der Waals surface area (Å²) in [6, 6.07) is 3.92. The van der Waals surface area contributed by atoms with Gasteiger partial charge in [-0.25, -0.2) is 5.48 Å². The van der Waals surface area contributed by atoms with Crippen molar-refractivity contribution in [2.24, 2.45) is 5.73 Å². The number of amides is 2. The molecule has 0 saturated heterocycles. The van der Waals surface area contributed by atoms with E-state index in [1.54, 1.807) is 33.0 Å². The van der Waals surface area contributed by atoms with E-state index in [9.17, 15) is 14.7 Å². The fourth-order valence-corrected chi connectivity index (χ4v) is 2.00. The van der Waals surface area contributed by atoms with Crippen molar-refractivity contribution in [3.63, 3.8) is 0 Å². The SMILES string of the molecule is CN1C(=O)[C@@H](N)COc2ccc(C(=O)NOCC(C)(C)O)cc21.Cl. The summed E-state index contributed by atoms with van der Waals surface area (Å²) in [5, 5.41) is 9.53. The highest BCUT2D eigenvalue weighted by atomic mass is 35.5. The zero-order chi connectivity index (χ0) is 17.2. The molecule has 2 rings (SSSR count). The van der Waals surface area contributed by atoms with E-state index in [0.29, 0.717) is 17.0 Å². The van der Waals surface area contributed by atoms with Crippen LogP contribution in [0.5, 0.6) is 5.75 Å². The first-order chi connectivity index (χ1) is 10.7. The Kier molecular flexibility index (Phi) is 6.56. The quantitative estimate of drug-likeness (QED) is 0.663. The van der Waals surface area contributed by atoms with Gasteiger partial charge in [0.1, 0.15) is 25.0 Å². The van der Waals surface area contributed by atoms with Gasteiger partial charge in [0.2, 0.25) is 5.91 Å². The van der Waals surface area contributed by atoms with Gasteiger partial charge in [0.05, 0.1) is 11.3 Å². The van der Waals surface area contributed by atoms with Gasteiger partial charge in [-0.15, -0.1) is 12.4 Å². The van der Waals surface area contributed by atoms with Gasteiger partial charge in [-0.2, -0.15) is 0 Å². The van der Waals surface area contributed by atoms with Crippen molar-refractivity contribution in [2.45, 2.75) is 25.5 Å². The second-order valence-corrected chi connectivity index (χ2v) is 6.03. The molecule has 1 heterocycles. The molecule has 0 spiro atoms. The number of carbonyl (C=O) groups excluding carboxylic acids is 2. The van der Waals surface area contributed by atoms with E-state index in [4.69, 9.17) is 15.3 Å². The number of aliphatic hydroxyl groups is 1. The topological polar surface area (TPSA) is 114 Å². The minimum atomic E-state index is -1.06. The molecule has 8 nitrogen and oxygen atoms in total. The second kappa shape index (κ2) is 7.80. The van der Waals surface area contributed by atoms with E-state index in [-0.39, 0.29) is 31.5 Å². The molecule has 1 aromatic rings. The molecular formula is C15H22ClN3O5. The number of carbonyl (C=O) groups is 2. The van der Waals surface area contributed by atoms with Crippen LogP contribution in [0.2, 0.25) is 0 Å². The number of nitrogens with one attached hydrogen (secondary N) is 1. The number of fused-ring (bicyclic) bond motifs is 1. The number of rotatable bonds is 4. The lowest BCUT2D eigenvalue weighted by atomic mass is 10.1. The van der Waals surface area contributed by atoms with Crippen LogP contribution in [0.4, 0.5) is 5.69 Å². The third kappa shape index (κ3) is 4.81. The van der Waals surface area contributed by atoms with Crippen molar-refractivity contribution in [1.82, 2.24) is 5.48 Å². The Morgan fingerprint density at radius 3 is 2.83 bits per heavy atom. The third-order valence-corrected chi connectivity index (χ3v) is 3.24. The molecule has 1 aliphatic heterocycles. The number of nitrogens with zero attached hydrogens (tertiary/aromatic N) is 1. The lowest BCUT2D eigenvalue weighted by Crippen LogP contribution is -2.43. The Balaban J connectivity index is 0.00000288. The van der Waals surface area contributed by atoms with Gasteiger partial charge in [-0.3, -0.25) is 14.4 Å². The van der Waals surface area contributed by atoms with Crippen LogP contribution < -0.4 is 20.9 Å². The van der Waals surface area contributed by atoms with Gasteiger partial charge < -0.3 is 20.5 Å². The second-order valence-electron chi connectivity index (χ2n) is 6.03. The summed E-state index contributed by atoms with van der Waals surface area (Å²) < 4.78 is 5.48. The number of anilines is 1. The van der Waals surface area contributed by atoms with E-state index < -0.39 is 17.6 Å². The molecule has 1 atom stereocenters. The highest BCUT2D eigenvalue weighted by molar-refractivity contribution is 6.01. The minimum Gasteiger partial charge on any atom is -0.489 e. The molecule has 0 aromatic heterocycles. The van der Waals surface area contributed by atoms with Crippen molar-refractivity contribution in [1.29, 1.82) is 0 Å². The van der Waals surface area contributed by atoms with E-state index in [0.717, 1.165) is 0 Å². The summed E-state index contributed by atoms with van der Waals surface area (Å²) in [6.45, 7) is 3.14. The number of nitrogens with two attached hydrogens (primary N) is 1. The molecule has 134 valence electrons. The first-order valence-corrected chi connectivity index (χ1v) is 7.13. The van der Waals surface area contributed by atoms with Crippen LogP contribution in [-0.4, -0.2) is 48.8 Å². The Bertz CT molecular complexity index is 618. The van der Waals surface area contributed by atoms with Crippen LogP contribution in [0.1, 0.15) is 24.2 Å². The van der Waals surface area contributed by atoms with Gasteiger partial charge in [-0.1, -0.05) is 0 Å². The molecular weight excluding hydrogens is 338 g/mol. The highest BCUT2D eigenvalue weighted by Gasteiger charge is 2.27. The standard InChI is InChI=1S/C15H21N3O5.ClH/c1-15(2,21)8-23-17-13(19)9-4-5-12-11(6-9)18(3)14(20)10(16)7-22-12;/h4-6,10,21H,7-8,16H2,1-3H3,(H,17,19);1H/t10-;/m0./s1. The number of benzene rings is 1. The molecule has 9 heteroatoms. The number of ether oxygens (including phenoxy) is 1. The number of halogens is 1. The molecule has 0 bridgehead atoms. The minimum absolute atomic E-state index is 0. The monoisotopic (exact) mass is 359 g/mol. The van der Waals surface area contributed by atoms with Gasteiger partial charge in [0.15, 0.2) is 0 Å². The lowest BCUT2D eigenvalue weighted by Gasteiger charge is -2.19. The fourth-order valence-electron chi connectivity index (χ4n) is 2.00. The van der Waals surface area contributed by atoms with Gasteiger partial charge in [0.25, 0.3) is 5.91 Å². The molecule has 0 aliphatic carbocycles. The Morgan fingerprint density at radius 1 is 1.54 bits per heavy atom. The maximum absolute atomic E-state index is 12.1. The van der Waals surface area contributed by atoms with Crippen molar-refractivity contribution in [2.75, 3.05) is 25.2 Å². The smallest absolute Gasteiger partial charge is 0.274 e. The van der Waals surface area contributed by atoms with Crippen LogP contribution in [-0.2, 0) is 9.63 Å². The Hall–Kier alpha value is -1.87. The maximum Gasteiger partial charge on any atom is 0.274 e. The summed E-state index contributed by atoms with van der Waals surface area (Å²) >= 11 is 0. The molecule has 0 saturated carbocycles. The van der Waals surface area contributed by atoms with Gasteiger partial charge in [0, 0.05) is 12.6 Å². The van der Waals surface area contributed by atoms with Crippen molar-refractivity contribution >= 4 is 29.9 Å². The molecule has 1 aromatic carbocycles. The summed E-state index contributed by atoms with van der Waals surface area (Å²) in [5.41, 5.74) is 7.65. The summed E-state index contributed by atoms with van der Waals surface area (Å²) in [7, 11) is 1.57. The van der Waals surface area contributed by atoms with Crippen LogP contribution in [0.3, 0.4) is 0 Å². The number of hydroxylamine groups is 1. The number of hydrogen-bond acceptors (Lipinski definition) is 6. The molecule has 4 N–H and O–H groups in total. The average molecular weight is 360 g/mol. The van der Waals surface area contributed by atoms with Crippen molar-refractivity contribution in [3.05, 3.63) is 23.8 Å². The predicted octanol–water partition coefficient (Wildman–Crippen LogP) is 0.223. The lowest BCUT2D eigenvalue weighted by molar-refractivity contribution is -0.119. The van der Waals surface area contributed by atoms with Gasteiger partial charge in [-0.05, 0) is 32.0 Å². The van der Waals surface area contributed by atoms with Crippen LogP contribution in [0.25, 0.3) is 0 Å². The highest BCUT2D eigenvalue weighted by Crippen LogP contribution is 2.31. The zero-order valence-corrected chi connectivity index (χ0v) is 14.6. The van der Waals surface area contributed by atoms with Crippen molar-refractivity contribution < 1.29 is 24.3 Å². The molecule has 0 unspecified atom stereocenters. The third-order valence-electron chi connectivity index (χ3n) is 3.24. The van der Waals surface area contributed by atoms with E-state index in [2.05, 4.69) is 5.48 Å². The van der Waals surface area contributed by atoms with Crippen molar-refractivity contribution in [3.8, 4) is 5.75 Å². The number of likely N-dealkylation sites (N-methyl/N-ethyl adjacent to an activating group) is 1. The van der Waals surface area contributed by atoms with E-state index in [1.165, 1.54) is 11.0 Å². The maximum atomic E-state index is 12.1. The van der Waals surface area contributed by atoms with E-state index in [1.807, 2.05) is 0 Å². The summed E-state index contributed by atoms with van der Waals surface area (Å²) in [5.74, 6) is -0.311. The van der Waals surface area contributed by atoms with Gasteiger partial charge >= 0.3 is 0 Å². The van der Waals surface area contributed by atoms with Crippen LogP contribution in [0, 0.1) is 0 Å². The fraction of sp³-hybridized carbons (Fsp3) is 0.467. The number of hydrogen-bond donors (Lipinski definition) is 3. The first kappa shape index (κ1) is 20.2. The Morgan fingerprint density at radius 2 is 2.21 bits per heavy atom. The van der Waals surface area contributed by atoms with Crippen LogP contribution >= 0.6 is 12.4 Å². The average Bonchev–Trinajstić information content (AvgIpc) is 2.58. The van der Waals surface area contributed by atoms with E-state index >= 15 is 0 Å². The predicted molar refractivity (Wildman–Crippen MR) is 90.3 cm³/mol. The largest absolute Gasteiger partial charge is 0.489 e.